The topological polar surface area (TPSA) is 100 Å². The highest BCUT2D eigenvalue weighted by Gasteiger charge is 2.24. The van der Waals surface area contributed by atoms with E-state index in [1.54, 1.807) is 6.07 Å². The zero-order valence-corrected chi connectivity index (χ0v) is 11.5. The van der Waals surface area contributed by atoms with Crippen LogP contribution >= 0.6 is 0 Å². The molecule has 2 atom stereocenters. The molecule has 1 aromatic rings. The number of rotatable bonds is 6. The van der Waals surface area contributed by atoms with Gasteiger partial charge in [0.25, 0.3) is 0 Å². The van der Waals surface area contributed by atoms with Gasteiger partial charge in [-0.3, -0.25) is 10.1 Å². The lowest BCUT2D eigenvalue weighted by molar-refractivity contribution is -0.384. The molecule has 0 radical (unpaired) electrons. The van der Waals surface area contributed by atoms with Gasteiger partial charge in [-0.1, -0.05) is 0 Å². The van der Waals surface area contributed by atoms with E-state index in [9.17, 15) is 15.2 Å². The van der Waals surface area contributed by atoms with E-state index < -0.39 is 4.92 Å². The molecule has 0 saturated heterocycles. The van der Waals surface area contributed by atoms with Crippen LogP contribution in [0.1, 0.15) is 26.2 Å². The molecule has 0 amide bonds. The van der Waals surface area contributed by atoms with Gasteiger partial charge in [-0.15, -0.1) is 0 Å². The molecule has 20 heavy (non-hydrogen) atoms. The highest BCUT2D eigenvalue weighted by molar-refractivity contribution is 5.60. The summed E-state index contributed by atoms with van der Waals surface area (Å²) in [6.45, 7) is 3.25. The Balaban J connectivity index is 2.07. The van der Waals surface area contributed by atoms with Crippen LogP contribution in [0.5, 0.6) is 0 Å². The molecule has 7 nitrogen and oxygen atoms in total. The third-order valence-electron chi connectivity index (χ3n) is 3.50. The van der Waals surface area contributed by atoms with E-state index in [1.807, 2.05) is 6.92 Å². The minimum Gasteiger partial charge on any atom is -0.393 e. The Morgan fingerprint density at radius 2 is 2.25 bits per heavy atom. The van der Waals surface area contributed by atoms with E-state index in [0.29, 0.717) is 24.8 Å². The Morgan fingerprint density at radius 1 is 1.45 bits per heavy atom. The Hall–Kier alpha value is -1.89. The van der Waals surface area contributed by atoms with Crippen molar-refractivity contribution < 1.29 is 10.0 Å². The van der Waals surface area contributed by atoms with Crippen LogP contribution in [0, 0.1) is 16.0 Å². The molecule has 0 aromatic carbocycles. The van der Waals surface area contributed by atoms with Crippen LogP contribution in [0.4, 0.5) is 17.3 Å². The first-order valence-electron chi connectivity index (χ1n) is 6.91. The van der Waals surface area contributed by atoms with Gasteiger partial charge in [-0.25, -0.2) is 4.98 Å². The SMILES string of the molecule is CCNc1ccc([N+](=O)[O-])c(NCC2CCC(O)C2)n1. The fraction of sp³-hybridized carbons (Fsp3) is 0.615. The van der Waals surface area contributed by atoms with Crippen molar-refractivity contribution >= 4 is 17.3 Å². The molecule has 1 aliphatic rings. The molecule has 7 heteroatoms. The summed E-state index contributed by atoms with van der Waals surface area (Å²) >= 11 is 0. The highest BCUT2D eigenvalue weighted by Crippen LogP contribution is 2.28. The molecular formula is C13H20N4O3. The molecule has 1 fully saturated rings. The molecule has 110 valence electrons. The van der Waals surface area contributed by atoms with Gasteiger partial charge in [-0.2, -0.15) is 0 Å². The molecule has 1 heterocycles. The Labute approximate surface area is 117 Å². The molecule has 1 aliphatic carbocycles. The molecule has 2 unspecified atom stereocenters. The van der Waals surface area contributed by atoms with Crippen LogP contribution in [0.25, 0.3) is 0 Å². The lowest BCUT2D eigenvalue weighted by Crippen LogP contribution is -2.15. The van der Waals surface area contributed by atoms with Crippen LogP contribution in [0.3, 0.4) is 0 Å². The summed E-state index contributed by atoms with van der Waals surface area (Å²) in [5, 5.41) is 26.6. The van der Waals surface area contributed by atoms with Crippen molar-refractivity contribution in [3.8, 4) is 0 Å². The van der Waals surface area contributed by atoms with E-state index in [1.165, 1.54) is 6.07 Å². The van der Waals surface area contributed by atoms with E-state index in [2.05, 4.69) is 15.6 Å². The zero-order chi connectivity index (χ0) is 14.5. The fourth-order valence-corrected chi connectivity index (χ4v) is 2.48. The number of aliphatic hydroxyl groups is 1. The monoisotopic (exact) mass is 280 g/mol. The van der Waals surface area contributed by atoms with Gasteiger partial charge >= 0.3 is 5.69 Å². The van der Waals surface area contributed by atoms with Gasteiger partial charge in [0.05, 0.1) is 11.0 Å². The second kappa shape index (κ2) is 6.51. The number of aliphatic hydroxyl groups excluding tert-OH is 1. The highest BCUT2D eigenvalue weighted by atomic mass is 16.6. The maximum atomic E-state index is 11.0. The van der Waals surface area contributed by atoms with Crippen molar-refractivity contribution in [2.24, 2.45) is 5.92 Å². The zero-order valence-electron chi connectivity index (χ0n) is 11.5. The normalized spacial score (nSPS) is 21.7. The van der Waals surface area contributed by atoms with Gasteiger partial charge in [0.2, 0.25) is 5.82 Å². The predicted octanol–water partition coefficient (Wildman–Crippen LogP) is 1.99. The Bertz CT molecular complexity index is 481. The summed E-state index contributed by atoms with van der Waals surface area (Å²) in [4.78, 5) is 14.8. The van der Waals surface area contributed by atoms with Crippen molar-refractivity contribution in [2.45, 2.75) is 32.3 Å². The number of hydrogen-bond acceptors (Lipinski definition) is 6. The molecule has 3 N–H and O–H groups in total. The van der Waals surface area contributed by atoms with Crippen LogP contribution in [0.2, 0.25) is 0 Å². The Morgan fingerprint density at radius 3 is 2.85 bits per heavy atom. The minimum absolute atomic E-state index is 0.0230. The molecule has 0 bridgehead atoms. The summed E-state index contributed by atoms with van der Waals surface area (Å²) in [7, 11) is 0. The maximum Gasteiger partial charge on any atom is 0.311 e. The van der Waals surface area contributed by atoms with Crippen molar-refractivity contribution in [1.29, 1.82) is 0 Å². The summed E-state index contributed by atoms with van der Waals surface area (Å²) in [6.07, 6.45) is 2.25. The van der Waals surface area contributed by atoms with E-state index >= 15 is 0 Å². The third kappa shape index (κ3) is 3.57. The number of hydrogen-bond donors (Lipinski definition) is 3. The van der Waals surface area contributed by atoms with Crippen LogP contribution in [-0.2, 0) is 0 Å². The van der Waals surface area contributed by atoms with E-state index in [4.69, 9.17) is 0 Å². The van der Waals surface area contributed by atoms with Gasteiger partial charge in [-0.05, 0) is 38.2 Å². The van der Waals surface area contributed by atoms with Crippen LogP contribution < -0.4 is 10.6 Å². The molecule has 1 saturated carbocycles. The van der Waals surface area contributed by atoms with Gasteiger partial charge in [0, 0.05) is 19.2 Å². The second-order valence-corrected chi connectivity index (χ2v) is 5.07. The predicted molar refractivity (Wildman–Crippen MR) is 76.9 cm³/mol. The molecule has 2 rings (SSSR count). The van der Waals surface area contributed by atoms with Crippen LogP contribution in [0.15, 0.2) is 12.1 Å². The fourth-order valence-electron chi connectivity index (χ4n) is 2.48. The summed E-state index contributed by atoms with van der Waals surface area (Å²) < 4.78 is 0. The maximum absolute atomic E-state index is 11.0. The number of pyridine rings is 1. The molecular weight excluding hydrogens is 260 g/mol. The lowest BCUT2D eigenvalue weighted by Gasteiger charge is -2.12. The average molecular weight is 280 g/mol. The molecule has 0 aliphatic heterocycles. The number of anilines is 2. The smallest absolute Gasteiger partial charge is 0.311 e. The average Bonchev–Trinajstić information content (AvgIpc) is 2.82. The quantitative estimate of drug-likeness (QED) is 0.544. The summed E-state index contributed by atoms with van der Waals surface area (Å²) in [5.74, 6) is 1.25. The van der Waals surface area contributed by atoms with E-state index in [0.717, 1.165) is 19.3 Å². The summed E-state index contributed by atoms with van der Waals surface area (Å²) in [6, 6.07) is 3.06. The summed E-state index contributed by atoms with van der Waals surface area (Å²) in [5.41, 5.74) is -0.0230. The second-order valence-electron chi connectivity index (χ2n) is 5.07. The first-order valence-corrected chi connectivity index (χ1v) is 6.91. The van der Waals surface area contributed by atoms with E-state index in [-0.39, 0.29) is 17.6 Å². The first-order chi connectivity index (χ1) is 9.60. The van der Waals surface area contributed by atoms with Gasteiger partial charge in [0.1, 0.15) is 5.82 Å². The lowest BCUT2D eigenvalue weighted by atomic mass is 10.1. The van der Waals surface area contributed by atoms with Crippen LogP contribution in [-0.4, -0.2) is 34.2 Å². The Kier molecular flexibility index (Phi) is 4.73. The van der Waals surface area contributed by atoms with Gasteiger partial charge < -0.3 is 15.7 Å². The number of nitro groups is 1. The number of nitrogens with zero attached hydrogens (tertiary/aromatic N) is 2. The molecule has 0 spiro atoms. The largest absolute Gasteiger partial charge is 0.393 e. The van der Waals surface area contributed by atoms with Crippen molar-refractivity contribution in [1.82, 2.24) is 4.98 Å². The van der Waals surface area contributed by atoms with Crippen molar-refractivity contribution in [3.63, 3.8) is 0 Å². The van der Waals surface area contributed by atoms with Gasteiger partial charge in [0.15, 0.2) is 0 Å². The third-order valence-corrected chi connectivity index (χ3v) is 3.50. The molecule has 1 aromatic heterocycles. The standard InChI is InChI=1S/C13H20N4O3/c1-2-14-12-6-5-11(17(19)20)13(16-12)15-8-9-3-4-10(18)7-9/h5-6,9-10,18H,2-4,7-8H2,1H3,(H2,14,15,16). The minimum atomic E-state index is -0.436. The number of nitrogens with one attached hydrogen (secondary N) is 2. The number of aromatic nitrogens is 1. The van der Waals surface area contributed by atoms with Crippen molar-refractivity contribution in [2.75, 3.05) is 23.7 Å². The first kappa shape index (κ1) is 14.5. The van der Waals surface area contributed by atoms with Crippen molar-refractivity contribution in [3.05, 3.63) is 22.2 Å².